The van der Waals surface area contributed by atoms with Gasteiger partial charge < -0.3 is 13.9 Å². The number of para-hydroxylation sites is 1. The van der Waals surface area contributed by atoms with E-state index in [4.69, 9.17) is 13.9 Å². The van der Waals surface area contributed by atoms with Gasteiger partial charge in [0.25, 0.3) is 0 Å². The van der Waals surface area contributed by atoms with E-state index in [0.29, 0.717) is 30.3 Å². The highest BCUT2D eigenvalue weighted by molar-refractivity contribution is 14.1. The minimum Gasteiger partial charge on any atom is -0.490 e. The molecule has 0 saturated heterocycles. The van der Waals surface area contributed by atoms with Gasteiger partial charge in [0.05, 0.1) is 16.4 Å². The first-order chi connectivity index (χ1) is 16.0. The maximum absolute atomic E-state index is 12.4. The van der Waals surface area contributed by atoms with E-state index in [1.165, 1.54) is 5.56 Å². The van der Waals surface area contributed by atoms with Gasteiger partial charge in [-0.2, -0.15) is 5.10 Å². The smallest absolute Gasteiger partial charge is 0.307 e. The van der Waals surface area contributed by atoms with Gasteiger partial charge in [0.15, 0.2) is 17.3 Å². The van der Waals surface area contributed by atoms with Crippen LogP contribution in [0.4, 0.5) is 0 Å². The Morgan fingerprint density at radius 1 is 1.09 bits per heavy atom. The fraction of sp³-hybridized carbons (Fsp3) is 0.154. The second-order valence-corrected chi connectivity index (χ2v) is 8.55. The van der Waals surface area contributed by atoms with Crippen molar-refractivity contribution in [2.75, 3.05) is 6.61 Å². The number of nitrogens with zero attached hydrogens (tertiary/aromatic N) is 1. The number of fused-ring (bicyclic) bond motifs is 1. The average molecular weight is 554 g/mol. The first-order valence-electron chi connectivity index (χ1n) is 10.5. The molecule has 0 unspecified atom stereocenters. The van der Waals surface area contributed by atoms with Crippen molar-refractivity contribution in [3.63, 3.8) is 0 Å². The predicted molar refractivity (Wildman–Crippen MR) is 137 cm³/mol. The number of hydrazone groups is 1. The van der Waals surface area contributed by atoms with Crippen molar-refractivity contribution in [1.82, 2.24) is 5.43 Å². The van der Waals surface area contributed by atoms with Crippen molar-refractivity contribution >= 4 is 45.7 Å². The summed E-state index contributed by atoms with van der Waals surface area (Å²) in [5.41, 5.74) is 6.23. The molecule has 0 bridgehead atoms. The van der Waals surface area contributed by atoms with Crippen LogP contribution in [0.15, 0.2) is 76.2 Å². The summed E-state index contributed by atoms with van der Waals surface area (Å²) in [5.74, 6) is 1.10. The van der Waals surface area contributed by atoms with Crippen LogP contribution in [0.25, 0.3) is 11.0 Å². The Bertz CT molecular complexity index is 1260. The highest BCUT2D eigenvalue weighted by Gasteiger charge is 2.13. The molecule has 0 saturated carbocycles. The normalized spacial score (nSPS) is 11.1. The molecule has 0 spiro atoms. The van der Waals surface area contributed by atoms with E-state index < -0.39 is 5.91 Å². The van der Waals surface area contributed by atoms with Crippen molar-refractivity contribution < 1.29 is 18.7 Å². The molecule has 6 nitrogen and oxygen atoms in total. The molecular formula is C26H23IN2O4. The van der Waals surface area contributed by atoms with Gasteiger partial charge in [-0.15, -0.1) is 0 Å². The molecule has 1 aromatic heterocycles. The molecule has 0 aliphatic carbocycles. The van der Waals surface area contributed by atoms with Crippen LogP contribution >= 0.6 is 22.6 Å². The van der Waals surface area contributed by atoms with Crippen molar-refractivity contribution in [3.8, 4) is 11.5 Å². The van der Waals surface area contributed by atoms with Gasteiger partial charge in [0, 0.05) is 5.39 Å². The third-order valence-corrected chi connectivity index (χ3v) is 5.67. The van der Waals surface area contributed by atoms with Crippen LogP contribution in [0.3, 0.4) is 0 Å². The number of benzene rings is 3. The van der Waals surface area contributed by atoms with Gasteiger partial charge >= 0.3 is 5.91 Å². The number of nitrogens with one attached hydrogen (secondary N) is 1. The number of furan rings is 1. The minimum atomic E-state index is -0.416. The van der Waals surface area contributed by atoms with E-state index >= 15 is 0 Å². The quantitative estimate of drug-likeness (QED) is 0.163. The molecular weight excluding hydrogens is 531 g/mol. The third-order valence-electron chi connectivity index (χ3n) is 4.86. The maximum Gasteiger partial charge on any atom is 0.307 e. The number of hydrogen-bond donors (Lipinski definition) is 1. The summed E-state index contributed by atoms with van der Waals surface area (Å²) in [6, 6.07) is 21.1. The summed E-state index contributed by atoms with van der Waals surface area (Å²) in [4.78, 5) is 12.4. The maximum atomic E-state index is 12.4. The number of hydrogen-bond acceptors (Lipinski definition) is 5. The van der Waals surface area contributed by atoms with Crippen LogP contribution in [0.5, 0.6) is 11.5 Å². The van der Waals surface area contributed by atoms with Gasteiger partial charge in [-0.25, -0.2) is 5.43 Å². The number of halogens is 1. The highest BCUT2D eigenvalue weighted by Crippen LogP contribution is 2.34. The largest absolute Gasteiger partial charge is 0.490 e. The topological polar surface area (TPSA) is 73.1 Å². The lowest BCUT2D eigenvalue weighted by Crippen LogP contribution is -2.16. The van der Waals surface area contributed by atoms with Crippen LogP contribution < -0.4 is 14.9 Å². The van der Waals surface area contributed by atoms with E-state index in [9.17, 15) is 4.79 Å². The zero-order chi connectivity index (χ0) is 23.2. The number of amides is 1. The van der Waals surface area contributed by atoms with Gasteiger partial charge in [0.2, 0.25) is 0 Å². The molecule has 1 heterocycles. The monoisotopic (exact) mass is 554 g/mol. The van der Waals surface area contributed by atoms with Crippen LogP contribution in [0, 0.1) is 10.5 Å². The second-order valence-electron chi connectivity index (χ2n) is 7.38. The summed E-state index contributed by atoms with van der Waals surface area (Å²) < 4.78 is 18.3. The van der Waals surface area contributed by atoms with Gasteiger partial charge in [-0.3, -0.25) is 4.79 Å². The van der Waals surface area contributed by atoms with Crippen molar-refractivity contribution in [2.24, 2.45) is 5.10 Å². The zero-order valence-corrected chi connectivity index (χ0v) is 20.5. The van der Waals surface area contributed by atoms with Crippen LogP contribution in [0.2, 0.25) is 0 Å². The van der Waals surface area contributed by atoms with Crippen molar-refractivity contribution in [1.29, 1.82) is 0 Å². The van der Waals surface area contributed by atoms with Gasteiger partial charge in [-0.05, 0) is 71.8 Å². The first kappa shape index (κ1) is 22.8. The standard InChI is InChI=1S/C26H23IN2O4/c1-3-31-23-13-19(12-21(27)25(23)32-16-18-10-8-17(2)9-11-18)15-28-29-26(30)24-14-20-6-4-5-7-22(20)33-24/h4-15H,3,16H2,1-2H3,(H,29,30)/b28-15+. The predicted octanol–water partition coefficient (Wildman–Crippen LogP) is 6.09. The first-order valence-corrected chi connectivity index (χ1v) is 11.6. The van der Waals surface area contributed by atoms with Crippen LogP contribution in [-0.4, -0.2) is 18.7 Å². The molecule has 0 radical (unpaired) electrons. The molecule has 7 heteroatoms. The Morgan fingerprint density at radius 3 is 2.64 bits per heavy atom. The number of aryl methyl sites for hydroxylation is 1. The molecule has 33 heavy (non-hydrogen) atoms. The molecule has 4 rings (SSSR count). The third kappa shape index (κ3) is 5.73. The number of carbonyl (C=O) groups excluding carboxylic acids is 1. The molecule has 168 valence electrons. The Morgan fingerprint density at radius 2 is 1.88 bits per heavy atom. The molecule has 4 aromatic rings. The molecule has 1 amide bonds. The molecule has 3 aromatic carbocycles. The lowest BCUT2D eigenvalue weighted by molar-refractivity contribution is 0.0929. The van der Waals surface area contributed by atoms with E-state index in [1.807, 2.05) is 55.5 Å². The Labute approximate surface area is 205 Å². The Hall–Kier alpha value is -3.33. The lowest BCUT2D eigenvalue weighted by Gasteiger charge is -2.15. The lowest BCUT2D eigenvalue weighted by atomic mass is 10.2. The van der Waals surface area contributed by atoms with E-state index in [1.54, 1.807) is 12.3 Å². The minimum absolute atomic E-state index is 0.206. The molecule has 0 aliphatic heterocycles. The molecule has 1 N–H and O–H groups in total. The van der Waals surface area contributed by atoms with E-state index in [0.717, 1.165) is 20.1 Å². The Balaban J connectivity index is 1.46. The van der Waals surface area contributed by atoms with Crippen molar-refractivity contribution in [2.45, 2.75) is 20.5 Å². The summed E-state index contributed by atoms with van der Waals surface area (Å²) in [5, 5.41) is 4.94. The zero-order valence-electron chi connectivity index (χ0n) is 18.3. The molecule has 0 atom stereocenters. The Kier molecular flexibility index (Phi) is 7.29. The SMILES string of the molecule is CCOc1cc(/C=N/NC(=O)c2cc3ccccc3o2)cc(I)c1OCc1ccc(C)cc1. The number of rotatable bonds is 8. The van der Waals surface area contributed by atoms with E-state index in [-0.39, 0.29) is 5.76 Å². The highest BCUT2D eigenvalue weighted by atomic mass is 127. The summed E-state index contributed by atoms with van der Waals surface area (Å²) in [7, 11) is 0. The van der Waals surface area contributed by atoms with Crippen LogP contribution in [0.1, 0.15) is 34.2 Å². The summed E-state index contributed by atoms with van der Waals surface area (Å²) in [6.45, 7) is 4.92. The number of carbonyl (C=O) groups is 1. The molecule has 0 fully saturated rings. The summed E-state index contributed by atoms with van der Waals surface area (Å²) in [6.07, 6.45) is 1.56. The van der Waals surface area contributed by atoms with E-state index in [2.05, 4.69) is 52.2 Å². The fourth-order valence-electron chi connectivity index (χ4n) is 3.22. The summed E-state index contributed by atoms with van der Waals surface area (Å²) >= 11 is 2.21. The molecule has 0 aliphatic rings. The number of ether oxygens (including phenoxy) is 2. The van der Waals surface area contributed by atoms with Gasteiger partial charge in [-0.1, -0.05) is 48.0 Å². The fourth-order valence-corrected chi connectivity index (χ4v) is 4.00. The average Bonchev–Trinajstić information content (AvgIpc) is 3.24. The van der Waals surface area contributed by atoms with Crippen LogP contribution in [-0.2, 0) is 6.61 Å². The van der Waals surface area contributed by atoms with Crippen molar-refractivity contribution in [3.05, 3.63) is 92.8 Å². The van der Waals surface area contributed by atoms with Gasteiger partial charge in [0.1, 0.15) is 12.2 Å². The second kappa shape index (κ2) is 10.5.